The van der Waals surface area contributed by atoms with Crippen molar-refractivity contribution in [3.05, 3.63) is 23.5 Å². The van der Waals surface area contributed by atoms with Gasteiger partial charge in [0.05, 0.1) is 6.54 Å². The van der Waals surface area contributed by atoms with E-state index in [1.165, 1.54) is 0 Å². The number of hydrogen-bond donors (Lipinski definition) is 3. The highest BCUT2D eigenvalue weighted by Crippen LogP contribution is 2.21. The maximum Gasteiger partial charge on any atom is 0.244 e. The van der Waals surface area contributed by atoms with Crippen LogP contribution in [0.3, 0.4) is 0 Å². The molecule has 1 rings (SSSR count). The van der Waals surface area contributed by atoms with E-state index >= 15 is 0 Å². The van der Waals surface area contributed by atoms with Crippen LogP contribution in [0, 0.1) is 12.7 Å². The van der Waals surface area contributed by atoms with E-state index in [-0.39, 0.29) is 11.7 Å². The fraction of sp³-hybridized carbons (Fsp3) is 0.417. The Kier molecular flexibility index (Phi) is 5.07. The van der Waals surface area contributed by atoms with Crippen LogP contribution in [0.5, 0.6) is 0 Å². The molecule has 4 N–H and O–H groups in total. The molecular weight excluding hydrogens is 285 g/mol. The number of hydrogen-bond acceptors (Lipinski definition) is 4. The molecule has 0 spiro atoms. The first kappa shape index (κ1) is 16.4. The number of sulfonamides is 1. The zero-order chi connectivity index (χ0) is 15.5. The summed E-state index contributed by atoms with van der Waals surface area (Å²) in [6.07, 6.45) is 0. The first-order chi connectivity index (χ1) is 9.13. The van der Waals surface area contributed by atoms with Gasteiger partial charge in [-0.05, 0) is 38.5 Å². The Balaban J connectivity index is 2.90. The lowest BCUT2D eigenvalue weighted by atomic mass is 10.2. The molecule has 6 nitrogen and oxygen atoms in total. The maximum absolute atomic E-state index is 13.7. The number of rotatable bonds is 5. The van der Waals surface area contributed by atoms with Gasteiger partial charge in [0, 0.05) is 11.7 Å². The summed E-state index contributed by atoms with van der Waals surface area (Å²) in [5.74, 6) is -1.41. The Bertz CT molecular complexity index is 615. The second kappa shape index (κ2) is 6.19. The molecule has 0 saturated heterocycles. The molecule has 0 atom stereocenters. The van der Waals surface area contributed by atoms with Crippen LogP contribution < -0.4 is 15.8 Å². The van der Waals surface area contributed by atoms with Crippen molar-refractivity contribution in [2.24, 2.45) is 0 Å². The fourth-order valence-electron chi connectivity index (χ4n) is 1.49. The van der Waals surface area contributed by atoms with Gasteiger partial charge in [-0.25, -0.2) is 17.5 Å². The fourth-order valence-corrected chi connectivity index (χ4v) is 2.56. The van der Waals surface area contributed by atoms with Gasteiger partial charge in [0.15, 0.2) is 0 Å². The molecule has 0 fully saturated rings. The molecule has 0 heterocycles. The largest absolute Gasteiger partial charge is 0.398 e. The highest BCUT2D eigenvalue weighted by molar-refractivity contribution is 7.89. The van der Waals surface area contributed by atoms with Gasteiger partial charge in [-0.2, -0.15) is 0 Å². The third-order valence-corrected chi connectivity index (χ3v) is 3.90. The molecule has 0 aliphatic rings. The standard InChI is InChI=1S/C12H18FN3O3S/c1-7(2)16-12(17)6-15-20(18,19)11-5-10(14)8(3)4-9(11)13/h4-5,7,15H,6,14H2,1-3H3,(H,16,17). The van der Waals surface area contributed by atoms with Crippen molar-refractivity contribution in [3.8, 4) is 0 Å². The first-order valence-electron chi connectivity index (χ1n) is 5.98. The summed E-state index contributed by atoms with van der Waals surface area (Å²) >= 11 is 0. The van der Waals surface area contributed by atoms with Crippen molar-refractivity contribution in [3.63, 3.8) is 0 Å². The lowest BCUT2D eigenvalue weighted by molar-refractivity contribution is -0.120. The average Bonchev–Trinajstić information content (AvgIpc) is 2.30. The topological polar surface area (TPSA) is 101 Å². The number of halogens is 1. The normalized spacial score (nSPS) is 11.7. The van der Waals surface area contributed by atoms with Gasteiger partial charge in [-0.3, -0.25) is 4.79 Å². The lowest BCUT2D eigenvalue weighted by Gasteiger charge is -2.11. The molecule has 1 aromatic rings. The van der Waals surface area contributed by atoms with Crippen LogP contribution in [0.1, 0.15) is 19.4 Å². The molecule has 20 heavy (non-hydrogen) atoms. The lowest BCUT2D eigenvalue weighted by Crippen LogP contribution is -2.40. The molecule has 112 valence electrons. The Morgan fingerprint density at radius 1 is 1.40 bits per heavy atom. The minimum atomic E-state index is -4.13. The number of anilines is 1. The van der Waals surface area contributed by atoms with Crippen LogP contribution in [-0.2, 0) is 14.8 Å². The third-order valence-electron chi connectivity index (χ3n) is 2.48. The van der Waals surface area contributed by atoms with Crippen LogP contribution in [0.2, 0.25) is 0 Å². The minimum absolute atomic E-state index is 0.112. The van der Waals surface area contributed by atoms with Crippen molar-refractivity contribution < 1.29 is 17.6 Å². The van der Waals surface area contributed by atoms with Crippen molar-refractivity contribution >= 4 is 21.6 Å². The SMILES string of the molecule is Cc1cc(F)c(S(=O)(=O)NCC(=O)NC(C)C)cc1N. The van der Waals surface area contributed by atoms with Gasteiger partial charge in [0.2, 0.25) is 15.9 Å². The maximum atomic E-state index is 13.7. The Morgan fingerprint density at radius 2 is 2.00 bits per heavy atom. The van der Waals surface area contributed by atoms with Crippen molar-refractivity contribution in [2.75, 3.05) is 12.3 Å². The van der Waals surface area contributed by atoms with Crippen LogP contribution in [-0.4, -0.2) is 26.9 Å². The molecular formula is C12H18FN3O3S. The summed E-state index contributed by atoms with van der Waals surface area (Å²) in [6, 6.07) is 1.96. The van der Waals surface area contributed by atoms with Gasteiger partial charge < -0.3 is 11.1 Å². The Labute approximate surface area is 117 Å². The summed E-state index contributed by atoms with van der Waals surface area (Å²) in [6.45, 7) is 4.59. The summed E-state index contributed by atoms with van der Waals surface area (Å²) in [5, 5.41) is 2.52. The Hall–Kier alpha value is -1.67. The van der Waals surface area contributed by atoms with Gasteiger partial charge >= 0.3 is 0 Å². The minimum Gasteiger partial charge on any atom is -0.398 e. The van der Waals surface area contributed by atoms with Crippen LogP contribution in [0.15, 0.2) is 17.0 Å². The molecule has 0 aliphatic heterocycles. The highest BCUT2D eigenvalue weighted by Gasteiger charge is 2.21. The smallest absolute Gasteiger partial charge is 0.244 e. The number of aryl methyl sites for hydroxylation is 1. The summed E-state index contributed by atoms with van der Waals surface area (Å²) in [7, 11) is -4.13. The molecule has 0 radical (unpaired) electrons. The van der Waals surface area contributed by atoms with E-state index in [9.17, 15) is 17.6 Å². The number of nitrogens with one attached hydrogen (secondary N) is 2. The van der Waals surface area contributed by atoms with E-state index in [4.69, 9.17) is 5.73 Å². The van der Waals surface area contributed by atoms with Gasteiger partial charge in [-0.15, -0.1) is 0 Å². The number of amides is 1. The van der Waals surface area contributed by atoms with Crippen molar-refractivity contribution in [1.29, 1.82) is 0 Å². The molecule has 8 heteroatoms. The Morgan fingerprint density at radius 3 is 2.55 bits per heavy atom. The number of benzene rings is 1. The van der Waals surface area contributed by atoms with E-state index in [1.54, 1.807) is 20.8 Å². The molecule has 1 amide bonds. The number of carbonyl (C=O) groups is 1. The first-order valence-corrected chi connectivity index (χ1v) is 7.46. The van der Waals surface area contributed by atoms with Crippen molar-refractivity contribution in [2.45, 2.75) is 31.7 Å². The van der Waals surface area contributed by atoms with E-state index in [0.717, 1.165) is 12.1 Å². The zero-order valence-electron chi connectivity index (χ0n) is 11.5. The van der Waals surface area contributed by atoms with Crippen LogP contribution in [0.4, 0.5) is 10.1 Å². The number of nitrogen functional groups attached to an aromatic ring is 1. The van der Waals surface area contributed by atoms with E-state index in [2.05, 4.69) is 5.32 Å². The predicted molar refractivity (Wildman–Crippen MR) is 74.0 cm³/mol. The second-order valence-electron chi connectivity index (χ2n) is 4.69. The molecule has 1 aromatic carbocycles. The predicted octanol–water partition coefficient (Wildman–Crippen LogP) is 0.519. The van der Waals surface area contributed by atoms with Crippen LogP contribution in [0.25, 0.3) is 0 Å². The summed E-state index contributed by atoms with van der Waals surface area (Å²) < 4.78 is 39.6. The van der Waals surface area contributed by atoms with Crippen LogP contribution >= 0.6 is 0 Å². The second-order valence-corrected chi connectivity index (χ2v) is 6.42. The van der Waals surface area contributed by atoms with Gasteiger partial charge in [-0.1, -0.05) is 0 Å². The molecule has 0 unspecified atom stereocenters. The monoisotopic (exact) mass is 303 g/mol. The zero-order valence-corrected chi connectivity index (χ0v) is 12.3. The van der Waals surface area contributed by atoms with Gasteiger partial charge in [0.25, 0.3) is 0 Å². The summed E-state index contributed by atoms with van der Waals surface area (Å²) in [4.78, 5) is 10.8. The highest BCUT2D eigenvalue weighted by atomic mass is 32.2. The van der Waals surface area contributed by atoms with E-state index in [0.29, 0.717) is 5.56 Å². The van der Waals surface area contributed by atoms with Crippen molar-refractivity contribution in [1.82, 2.24) is 10.0 Å². The molecule has 0 aromatic heterocycles. The third kappa shape index (κ3) is 4.17. The van der Waals surface area contributed by atoms with Gasteiger partial charge in [0.1, 0.15) is 10.7 Å². The molecule has 0 bridgehead atoms. The molecule has 0 aliphatic carbocycles. The number of nitrogens with two attached hydrogens (primary N) is 1. The average molecular weight is 303 g/mol. The quantitative estimate of drug-likeness (QED) is 0.690. The van der Waals surface area contributed by atoms with E-state index in [1.807, 2.05) is 4.72 Å². The number of carbonyl (C=O) groups excluding carboxylic acids is 1. The van der Waals surface area contributed by atoms with E-state index < -0.39 is 33.2 Å². The summed E-state index contributed by atoms with van der Waals surface area (Å²) in [5.41, 5.74) is 6.18. The molecule has 0 saturated carbocycles.